The minimum atomic E-state index is 0.425. The molecule has 4 heteroatoms. The molecule has 0 aliphatic rings. The summed E-state index contributed by atoms with van der Waals surface area (Å²) in [5, 5.41) is 3.98. The second-order valence-electron chi connectivity index (χ2n) is 4.65. The largest absolute Gasteiger partial charge is 0.496 e. The fraction of sp³-hybridized carbons (Fsp3) is 0.333. The van der Waals surface area contributed by atoms with Crippen molar-refractivity contribution in [2.45, 2.75) is 26.4 Å². The van der Waals surface area contributed by atoms with Crippen LogP contribution in [-0.4, -0.2) is 13.2 Å². The molecule has 0 saturated heterocycles. The molecule has 0 radical (unpaired) electrons. The van der Waals surface area contributed by atoms with Crippen LogP contribution in [0.5, 0.6) is 5.75 Å². The number of benzene rings is 1. The van der Waals surface area contributed by atoms with Crippen molar-refractivity contribution >= 4 is 11.6 Å². The smallest absolute Gasteiger partial charge is 0.138 e. The van der Waals surface area contributed by atoms with E-state index in [2.05, 4.69) is 19.2 Å². The van der Waals surface area contributed by atoms with Crippen molar-refractivity contribution in [3.8, 4) is 17.1 Å². The van der Waals surface area contributed by atoms with Crippen LogP contribution >= 0.6 is 11.6 Å². The van der Waals surface area contributed by atoms with Gasteiger partial charge in [0.1, 0.15) is 17.3 Å². The Bertz CT molecular complexity index is 549. The summed E-state index contributed by atoms with van der Waals surface area (Å²) in [5.41, 5.74) is 0.866. The number of methoxy groups -OCH3 is 1. The molecular formula is C15H18ClNO2. The molecule has 1 N–H and O–H groups in total. The topological polar surface area (TPSA) is 34.4 Å². The zero-order valence-electron chi connectivity index (χ0n) is 11.4. The van der Waals surface area contributed by atoms with Crippen molar-refractivity contribution < 1.29 is 9.15 Å². The lowest BCUT2D eigenvalue weighted by molar-refractivity contribution is 0.413. The lowest BCUT2D eigenvalue weighted by atomic mass is 10.1. The van der Waals surface area contributed by atoms with E-state index in [4.69, 9.17) is 20.8 Å². The van der Waals surface area contributed by atoms with Crippen LogP contribution in [0.25, 0.3) is 11.3 Å². The number of nitrogens with one attached hydrogen (secondary N) is 1. The summed E-state index contributed by atoms with van der Waals surface area (Å²) in [5.74, 6) is 2.41. The van der Waals surface area contributed by atoms with Gasteiger partial charge in [-0.05, 0) is 30.3 Å². The molecule has 0 aliphatic heterocycles. The zero-order chi connectivity index (χ0) is 13.8. The fourth-order valence-electron chi connectivity index (χ4n) is 1.80. The molecule has 19 heavy (non-hydrogen) atoms. The number of ether oxygens (including phenoxy) is 1. The van der Waals surface area contributed by atoms with Crippen LogP contribution in [0.2, 0.25) is 5.02 Å². The summed E-state index contributed by atoms with van der Waals surface area (Å²) in [6.45, 7) is 4.91. The third kappa shape index (κ3) is 3.52. The summed E-state index contributed by atoms with van der Waals surface area (Å²) in [6.07, 6.45) is 0. The van der Waals surface area contributed by atoms with Crippen LogP contribution in [0.15, 0.2) is 34.7 Å². The molecule has 1 aromatic carbocycles. The molecule has 2 aromatic rings. The van der Waals surface area contributed by atoms with Crippen LogP contribution in [0.3, 0.4) is 0 Å². The van der Waals surface area contributed by atoms with Crippen molar-refractivity contribution in [2.75, 3.05) is 7.11 Å². The first kappa shape index (κ1) is 14.0. The average Bonchev–Trinajstić information content (AvgIpc) is 2.85. The van der Waals surface area contributed by atoms with Gasteiger partial charge in [-0.1, -0.05) is 25.4 Å². The molecule has 0 bridgehead atoms. The maximum Gasteiger partial charge on any atom is 0.138 e. The minimum absolute atomic E-state index is 0.425. The van der Waals surface area contributed by atoms with Crippen molar-refractivity contribution in [1.29, 1.82) is 0 Å². The van der Waals surface area contributed by atoms with E-state index in [1.165, 1.54) is 0 Å². The molecule has 0 amide bonds. The summed E-state index contributed by atoms with van der Waals surface area (Å²) in [6, 6.07) is 9.81. The first-order valence-corrected chi connectivity index (χ1v) is 6.64. The Morgan fingerprint density at radius 2 is 2.05 bits per heavy atom. The number of hydrogen-bond donors (Lipinski definition) is 1. The highest BCUT2D eigenvalue weighted by molar-refractivity contribution is 6.30. The van der Waals surface area contributed by atoms with E-state index in [-0.39, 0.29) is 0 Å². The molecule has 0 spiro atoms. The third-order valence-electron chi connectivity index (χ3n) is 2.77. The highest BCUT2D eigenvalue weighted by Crippen LogP contribution is 2.33. The third-order valence-corrected chi connectivity index (χ3v) is 3.01. The Labute approximate surface area is 118 Å². The molecule has 0 saturated carbocycles. The second kappa shape index (κ2) is 6.13. The number of halogens is 1. The first-order chi connectivity index (χ1) is 9.10. The molecule has 0 unspecified atom stereocenters. The lowest BCUT2D eigenvalue weighted by Gasteiger charge is -2.07. The quantitative estimate of drug-likeness (QED) is 0.894. The molecule has 0 atom stereocenters. The highest BCUT2D eigenvalue weighted by Gasteiger charge is 2.11. The summed E-state index contributed by atoms with van der Waals surface area (Å²) >= 11 is 6.02. The molecule has 0 aliphatic carbocycles. The highest BCUT2D eigenvalue weighted by atomic mass is 35.5. The van der Waals surface area contributed by atoms with Crippen LogP contribution in [-0.2, 0) is 6.54 Å². The van der Waals surface area contributed by atoms with Crippen LogP contribution in [0.4, 0.5) is 0 Å². The maximum atomic E-state index is 6.02. The monoisotopic (exact) mass is 279 g/mol. The Morgan fingerprint density at radius 3 is 2.74 bits per heavy atom. The summed E-state index contributed by atoms with van der Waals surface area (Å²) in [7, 11) is 1.64. The number of rotatable bonds is 5. The maximum absolute atomic E-state index is 6.02. The standard InChI is InChI=1S/C15H18ClNO2/c1-10(2)17-9-12-5-7-15(19-12)13-8-11(16)4-6-14(13)18-3/h4-8,10,17H,9H2,1-3H3. The molecule has 1 aromatic heterocycles. The zero-order valence-corrected chi connectivity index (χ0v) is 12.1. The van der Waals surface area contributed by atoms with E-state index in [0.29, 0.717) is 17.6 Å². The predicted molar refractivity (Wildman–Crippen MR) is 77.7 cm³/mol. The normalized spacial score (nSPS) is 11.0. The molecule has 0 fully saturated rings. The van der Waals surface area contributed by atoms with Crippen molar-refractivity contribution in [3.05, 3.63) is 41.1 Å². The van der Waals surface area contributed by atoms with Gasteiger partial charge in [-0.3, -0.25) is 0 Å². The number of hydrogen-bond acceptors (Lipinski definition) is 3. The Morgan fingerprint density at radius 1 is 1.26 bits per heavy atom. The molecule has 2 rings (SSSR count). The Kier molecular flexibility index (Phi) is 4.51. The van der Waals surface area contributed by atoms with Gasteiger partial charge >= 0.3 is 0 Å². The predicted octanol–water partition coefficient (Wildman–Crippen LogP) is 4.11. The van der Waals surface area contributed by atoms with Crippen molar-refractivity contribution in [2.24, 2.45) is 0 Å². The molecule has 3 nitrogen and oxygen atoms in total. The lowest BCUT2D eigenvalue weighted by Crippen LogP contribution is -2.21. The molecule has 102 valence electrons. The fourth-order valence-corrected chi connectivity index (χ4v) is 1.97. The van der Waals surface area contributed by atoms with Crippen LogP contribution in [0, 0.1) is 0 Å². The molecule has 1 heterocycles. The van der Waals surface area contributed by atoms with Crippen molar-refractivity contribution in [3.63, 3.8) is 0 Å². The Hall–Kier alpha value is -1.45. The van der Waals surface area contributed by atoms with Gasteiger partial charge in [-0.15, -0.1) is 0 Å². The SMILES string of the molecule is COc1ccc(Cl)cc1-c1ccc(CNC(C)C)o1. The number of furan rings is 1. The van der Waals surface area contributed by atoms with Gasteiger partial charge in [0.15, 0.2) is 0 Å². The van der Waals surface area contributed by atoms with Gasteiger partial charge < -0.3 is 14.5 Å². The second-order valence-corrected chi connectivity index (χ2v) is 5.08. The minimum Gasteiger partial charge on any atom is -0.496 e. The van der Waals surface area contributed by atoms with Crippen LogP contribution < -0.4 is 10.1 Å². The van der Waals surface area contributed by atoms with E-state index in [9.17, 15) is 0 Å². The van der Waals surface area contributed by atoms with Gasteiger partial charge in [-0.2, -0.15) is 0 Å². The molecular weight excluding hydrogens is 262 g/mol. The van der Waals surface area contributed by atoms with Gasteiger partial charge in [0.05, 0.1) is 19.2 Å². The van der Waals surface area contributed by atoms with E-state index in [0.717, 1.165) is 22.8 Å². The first-order valence-electron chi connectivity index (χ1n) is 6.26. The van der Waals surface area contributed by atoms with Crippen molar-refractivity contribution in [1.82, 2.24) is 5.32 Å². The van der Waals surface area contributed by atoms with E-state index >= 15 is 0 Å². The Balaban J connectivity index is 2.24. The van der Waals surface area contributed by atoms with Gasteiger partial charge in [0, 0.05) is 11.1 Å². The van der Waals surface area contributed by atoms with Gasteiger partial charge in [-0.25, -0.2) is 0 Å². The van der Waals surface area contributed by atoms with Gasteiger partial charge in [0.2, 0.25) is 0 Å². The van der Waals surface area contributed by atoms with E-state index in [1.807, 2.05) is 24.3 Å². The summed E-state index contributed by atoms with van der Waals surface area (Å²) in [4.78, 5) is 0. The van der Waals surface area contributed by atoms with E-state index < -0.39 is 0 Å². The van der Waals surface area contributed by atoms with Gasteiger partial charge in [0.25, 0.3) is 0 Å². The van der Waals surface area contributed by atoms with Crippen LogP contribution in [0.1, 0.15) is 19.6 Å². The average molecular weight is 280 g/mol. The summed E-state index contributed by atoms with van der Waals surface area (Å²) < 4.78 is 11.1. The van der Waals surface area contributed by atoms with E-state index in [1.54, 1.807) is 13.2 Å².